The molecule has 0 radical (unpaired) electrons. The number of hydrogen-bond donors (Lipinski definition) is 1. The topological polar surface area (TPSA) is 24.5 Å². The summed E-state index contributed by atoms with van der Waals surface area (Å²) in [4.78, 5) is 2.37. The van der Waals surface area contributed by atoms with Crippen LogP contribution in [0.2, 0.25) is 0 Å². The lowest BCUT2D eigenvalue weighted by molar-refractivity contribution is 0.122. The molecule has 1 aliphatic heterocycles. The maximum Gasteiger partial charge on any atom is 0.0642 e. The Morgan fingerprint density at radius 2 is 1.53 bits per heavy atom. The van der Waals surface area contributed by atoms with Crippen LogP contribution in [0.5, 0.6) is 0 Å². The molecule has 1 aliphatic rings. The van der Waals surface area contributed by atoms with E-state index in [4.69, 9.17) is 4.74 Å². The van der Waals surface area contributed by atoms with Gasteiger partial charge in [-0.15, -0.1) is 0 Å². The quantitative estimate of drug-likeness (QED) is 0.908. The van der Waals surface area contributed by atoms with Gasteiger partial charge >= 0.3 is 0 Å². The van der Waals surface area contributed by atoms with E-state index >= 15 is 0 Å². The highest BCUT2D eigenvalue weighted by atomic mass is 16.5. The molecule has 1 aromatic rings. The first kappa shape index (κ1) is 17.9. The molecule has 1 fully saturated rings. The van der Waals surface area contributed by atoms with E-state index in [0.717, 1.165) is 32.8 Å². The number of morpholine rings is 1. The Kier molecular flexibility index (Phi) is 11.3. The van der Waals surface area contributed by atoms with E-state index in [1.807, 2.05) is 34.7 Å². The van der Waals surface area contributed by atoms with Crippen LogP contribution in [0.15, 0.2) is 24.3 Å². The zero-order valence-corrected chi connectivity index (χ0v) is 13.2. The fraction of sp³-hybridized carbons (Fsp3) is 0.625. The summed E-state index contributed by atoms with van der Waals surface area (Å²) in [6.45, 7) is 12.6. The van der Waals surface area contributed by atoms with Gasteiger partial charge in [0.2, 0.25) is 0 Å². The second-order valence-corrected chi connectivity index (χ2v) is 3.80. The van der Waals surface area contributed by atoms with Crippen LogP contribution in [0, 0.1) is 0 Å². The van der Waals surface area contributed by atoms with E-state index in [2.05, 4.69) is 34.5 Å². The van der Waals surface area contributed by atoms with Crippen molar-refractivity contribution in [1.82, 2.24) is 5.32 Å². The van der Waals surface area contributed by atoms with Crippen LogP contribution in [0.4, 0.5) is 5.69 Å². The molecule has 2 rings (SSSR count). The van der Waals surface area contributed by atoms with Gasteiger partial charge < -0.3 is 15.0 Å². The van der Waals surface area contributed by atoms with Crippen LogP contribution >= 0.6 is 0 Å². The van der Waals surface area contributed by atoms with Crippen LogP contribution < -0.4 is 10.2 Å². The van der Waals surface area contributed by atoms with Gasteiger partial charge in [0.05, 0.1) is 13.2 Å². The van der Waals surface area contributed by atoms with Crippen LogP contribution in [0.1, 0.15) is 33.3 Å². The van der Waals surface area contributed by atoms with Gasteiger partial charge in [-0.25, -0.2) is 0 Å². The molecule has 110 valence electrons. The molecule has 3 nitrogen and oxygen atoms in total. The molecule has 1 N–H and O–H groups in total. The Labute approximate surface area is 119 Å². The molecular formula is C16H30N2O. The van der Waals surface area contributed by atoms with E-state index in [1.54, 1.807) is 0 Å². The van der Waals surface area contributed by atoms with Crippen molar-refractivity contribution >= 4 is 5.69 Å². The molecule has 0 atom stereocenters. The molecule has 0 saturated carbocycles. The number of nitrogens with one attached hydrogen (secondary N) is 1. The Balaban J connectivity index is 0.000000741. The number of ether oxygens (including phenoxy) is 1. The summed E-state index contributed by atoms with van der Waals surface area (Å²) in [7, 11) is 1.97. The Morgan fingerprint density at radius 1 is 1.00 bits per heavy atom. The number of rotatable bonds is 3. The Hall–Kier alpha value is -1.06. The van der Waals surface area contributed by atoms with Gasteiger partial charge in [-0.3, -0.25) is 0 Å². The van der Waals surface area contributed by atoms with E-state index in [-0.39, 0.29) is 0 Å². The Bertz CT molecular complexity index is 292. The lowest BCUT2D eigenvalue weighted by Gasteiger charge is -2.28. The molecular weight excluding hydrogens is 236 g/mol. The van der Waals surface area contributed by atoms with Gasteiger partial charge in [0.15, 0.2) is 0 Å². The van der Waals surface area contributed by atoms with Crippen molar-refractivity contribution in [2.24, 2.45) is 0 Å². The molecule has 19 heavy (non-hydrogen) atoms. The van der Waals surface area contributed by atoms with E-state index in [0.29, 0.717) is 0 Å². The summed E-state index contributed by atoms with van der Waals surface area (Å²) in [6.07, 6.45) is 0. The lowest BCUT2D eigenvalue weighted by Crippen LogP contribution is -2.36. The van der Waals surface area contributed by atoms with Gasteiger partial charge in [0.1, 0.15) is 0 Å². The van der Waals surface area contributed by atoms with Crippen molar-refractivity contribution in [3.8, 4) is 0 Å². The highest BCUT2D eigenvalue weighted by molar-refractivity contribution is 5.47. The summed E-state index contributed by atoms with van der Waals surface area (Å²) < 4.78 is 5.33. The number of hydrogen-bond acceptors (Lipinski definition) is 3. The minimum absolute atomic E-state index is 0.846. The summed E-state index contributed by atoms with van der Waals surface area (Å²) in [5.74, 6) is 0. The maximum atomic E-state index is 5.33. The van der Waals surface area contributed by atoms with Gasteiger partial charge in [-0.1, -0.05) is 39.8 Å². The molecule has 3 heteroatoms. The molecule has 1 aromatic carbocycles. The monoisotopic (exact) mass is 266 g/mol. The zero-order chi connectivity index (χ0) is 14.5. The lowest BCUT2D eigenvalue weighted by atomic mass is 10.2. The van der Waals surface area contributed by atoms with E-state index in [1.165, 1.54) is 11.3 Å². The smallest absolute Gasteiger partial charge is 0.0642 e. The molecule has 0 bridgehead atoms. The standard InChI is InChI=1S/C12H18N2O.2C2H6/c1-13-10-11-2-4-12(5-3-11)14-6-8-15-9-7-14;2*1-2/h2-5,13H,6-10H2,1H3;2*1-2H3. The third-order valence-corrected chi connectivity index (χ3v) is 2.69. The van der Waals surface area contributed by atoms with Crippen molar-refractivity contribution in [2.45, 2.75) is 34.2 Å². The summed E-state index contributed by atoms with van der Waals surface area (Å²) >= 11 is 0. The van der Waals surface area contributed by atoms with E-state index in [9.17, 15) is 0 Å². The van der Waals surface area contributed by atoms with Crippen molar-refractivity contribution in [3.05, 3.63) is 29.8 Å². The largest absolute Gasteiger partial charge is 0.378 e. The van der Waals surface area contributed by atoms with Crippen molar-refractivity contribution in [1.29, 1.82) is 0 Å². The number of nitrogens with zero attached hydrogens (tertiary/aromatic N) is 1. The first-order valence-corrected chi connectivity index (χ1v) is 7.46. The summed E-state index contributed by atoms with van der Waals surface area (Å²) in [5.41, 5.74) is 2.63. The third-order valence-electron chi connectivity index (χ3n) is 2.69. The minimum Gasteiger partial charge on any atom is -0.378 e. The zero-order valence-electron chi connectivity index (χ0n) is 13.2. The molecule has 0 amide bonds. The average molecular weight is 266 g/mol. The van der Waals surface area contributed by atoms with Crippen molar-refractivity contribution in [3.63, 3.8) is 0 Å². The first-order valence-electron chi connectivity index (χ1n) is 7.46. The van der Waals surface area contributed by atoms with Crippen LogP contribution in [0.25, 0.3) is 0 Å². The normalized spacial score (nSPS) is 13.8. The van der Waals surface area contributed by atoms with Crippen LogP contribution in [-0.4, -0.2) is 33.4 Å². The molecule has 1 heterocycles. The third kappa shape index (κ3) is 6.60. The highest BCUT2D eigenvalue weighted by Gasteiger charge is 2.10. The van der Waals surface area contributed by atoms with Gasteiger partial charge in [-0.2, -0.15) is 0 Å². The second-order valence-electron chi connectivity index (χ2n) is 3.80. The molecule has 0 unspecified atom stereocenters. The summed E-state index contributed by atoms with van der Waals surface area (Å²) in [6, 6.07) is 8.75. The van der Waals surface area contributed by atoms with Crippen LogP contribution in [0.3, 0.4) is 0 Å². The molecule has 0 spiro atoms. The van der Waals surface area contributed by atoms with Crippen LogP contribution in [-0.2, 0) is 11.3 Å². The predicted octanol–water partition coefficient (Wildman–Crippen LogP) is 3.30. The predicted molar refractivity (Wildman–Crippen MR) is 84.9 cm³/mol. The van der Waals surface area contributed by atoms with Gasteiger partial charge in [-0.05, 0) is 24.7 Å². The molecule has 0 aromatic heterocycles. The average Bonchev–Trinajstić information content (AvgIpc) is 2.53. The van der Waals surface area contributed by atoms with Crippen molar-refractivity contribution < 1.29 is 4.74 Å². The highest BCUT2D eigenvalue weighted by Crippen LogP contribution is 2.16. The minimum atomic E-state index is 0.846. The first-order chi connectivity index (χ1) is 9.40. The fourth-order valence-corrected chi connectivity index (χ4v) is 1.85. The number of anilines is 1. The SMILES string of the molecule is CC.CC.CNCc1ccc(N2CCOCC2)cc1. The second kappa shape index (κ2) is 12.0. The number of benzene rings is 1. The fourth-order valence-electron chi connectivity index (χ4n) is 1.85. The maximum absolute atomic E-state index is 5.33. The van der Waals surface area contributed by atoms with Gasteiger partial charge in [0.25, 0.3) is 0 Å². The Morgan fingerprint density at radius 3 is 2.00 bits per heavy atom. The summed E-state index contributed by atoms with van der Waals surface area (Å²) in [5, 5.41) is 3.15. The van der Waals surface area contributed by atoms with Crippen molar-refractivity contribution in [2.75, 3.05) is 38.3 Å². The molecule has 0 aliphatic carbocycles. The molecule has 1 saturated heterocycles. The van der Waals surface area contributed by atoms with E-state index < -0.39 is 0 Å². The van der Waals surface area contributed by atoms with Gasteiger partial charge in [0, 0.05) is 25.3 Å².